The van der Waals surface area contributed by atoms with Crippen molar-refractivity contribution in [1.82, 2.24) is 0 Å². The van der Waals surface area contributed by atoms with Gasteiger partial charge in [-0.3, -0.25) is 0 Å². The summed E-state index contributed by atoms with van der Waals surface area (Å²) in [4.78, 5) is 0. The van der Waals surface area contributed by atoms with Crippen molar-refractivity contribution < 1.29 is 40.8 Å². The SMILES string of the molecule is C[SiH]C.[Nd].[c-]1cccc2c1Cc1ccccc1-2.c1cc[cH-]c1. The average molecular weight is 434 g/mol. The molecule has 0 N–H and O–H groups in total. The minimum absolute atomic E-state index is 0. The van der Waals surface area contributed by atoms with Crippen LogP contribution in [-0.4, -0.2) is 9.52 Å². The van der Waals surface area contributed by atoms with E-state index in [0.717, 1.165) is 15.9 Å². The molecule has 0 saturated heterocycles. The number of rotatable bonds is 0. The summed E-state index contributed by atoms with van der Waals surface area (Å²) in [5.74, 6) is 0. The second kappa shape index (κ2) is 11.0. The molecule has 0 aromatic heterocycles. The molecule has 4 rings (SSSR count). The first-order valence-electron chi connectivity index (χ1n) is 7.35. The van der Waals surface area contributed by atoms with E-state index >= 15 is 0 Å². The van der Waals surface area contributed by atoms with E-state index in [1.54, 1.807) is 0 Å². The van der Waals surface area contributed by atoms with Crippen LogP contribution in [0.2, 0.25) is 13.1 Å². The van der Waals surface area contributed by atoms with Gasteiger partial charge in [-0.25, -0.2) is 12.1 Å². The Morgan fingerprint density at radius 3 is 2.18 bits per heavy atom. The molecule has 0 unspecified atom stereocenters. The van der Waals surface area contributed by atoms with E-state index in [1.165, 1.54) is 22.3 Å². The first-order valence-corrected chi connectivity index (χ1v) is 9.66. The molecule has 22 heavy (non-hydrogen) atoms. The standard InChI is InChI=1S/C13H9.C5H5.C2H7Si.Nd/c1-3-7-12-10(5-1)9-11-6-2-4-8-13(11)12;1-2-4-5-3-1;1-3-2;/h1-5,7-8H,9H2;1-5H;3H,1-2H3;/q2*-1;;. The van der Waals surface area contributed by atoms with E-state index in [1.807, 2.05) is 36.4 Å². The van der Waals surface area contributed by atoms with E-state index < -0.39 is 0 Å². The molecule has 1 aliphatic rings. The zero-order chi connectivity index (χ0) is 14.9. The predicted octanol–water partition coefficient (Wildman–Crippen LogP) is 4.98. The van der Waals surface area contributed by atoms with Gasteiger partial charge in [-0.2, -0.15) is 48.0 Å². The van der Waals surface area contributed by atoms with E-state index in [9.17, 15) is 0 Å². The smallest absolute Gasteiger partial charge is 0.0213 e. The van der Waals surface area contributed by atoms with Gasteiger partial charge in [0.25, 0.3) is 0 Å². The van der Waals surface area contributed by atoms with Crippen molar-refractivity contribution >= 4 is 9.52 Å². The Bertz CT molecular complexity index is 584. The molecule has 3 aromatic rings. The summed E-state index contributed by atoms with van der Waals surface area (Å²) >= 11 is 0. The predicted molar refractivity (Wildman–Crippen MR) is 94.4 cm³/mol. The normalized spacial score (nSPS) is 9.91. The molecule has 0 heterocycles. The Kier molecular flexibility index (Phi) is 9.68. The van der Waals surface area contributed by atoms with Crippen LogP contribution in [0.4, 0.5) is 0 Å². The molecule has 0 atom stereocenters. The van der Waals surface area contributed by atoms with Gasteiger partial charge in [-0.1, -0.05) is 48.5 Å². The molecule has 1 radical (unpaired) electrons. The molecule has 3 aromatic carbocycles. The summed E-state index contributed by atoms with van der Waals surface area (Å²) in [5.41, 5.74) is 5.51. The largest absolute Gasteiger partial charge is 0.214 e. The van der Waals surface area contributed by atoms with Crippen LogP contribution in [0.3, 0.4) is 0 Å². The Morgan fingerprint density at radius 2 is 1.55 bits per heavy atom. The summed E-state index contributed by atoms with van der Waals surface area (Å²) < 4.78 is 0. The molecular formula is C20H21NdSi-2. The number of benzene rings is 2. The maximum Gasteiger partial charge on any atom is 0.0213 e. The summed E-state index contributed by atoms with van der Waals surface area (Å²) in [6.07, 6.45) is 1.05. The minimum atomic E-state index is 0. The van der Waals surface area contributed by atoms with Crippen molar-refractivity contribution in [1.29, 1.82) is 0 Å². The molecule has 0 amide bonds. The fraction of sp³-hybridized carbons (Fsp3) is 0.150. The summed E-state index contributed by atoms with van der Waals surface area (Å²) in [6, 6.07) is 28.1. The number of hydrogen-bond acceptors (Lipinski definition) is 0. The summed E-state index contributed by atoms with van der Waals surface area (Å²) in [6.45, 7) is 4.42. The van der Waals surface area contributed by atoms with Crippen LogP contribution in [0.15, 0.2) is 72.8 Å². The second-order valence-electron chi connectivity index (χ2n) is 4.94. The van der Waals surface area contributed by atoms with E-state index in [4.69, 9.17) is 0 Å². The number of hydrogen-bond donors (Lipinski definition) is 0. The van der Waals surface area contributed by atoms with Gasteiger partial charge in [0.1, 0.15) is 0 Å². The van der Waals surface area contributed by atoms with Gasteiger partial charge >= 0.3 is 0 Å². The molecule has 1 aliphatic carbocycles. The van der Waals surface area contributed by atoms with Gasteiger partial charge in [-0.15, -0.1) is 5.56 Å². The van der Waals surface area contributed by atoms with Gasteiger partial charge in [-0.05, 0) is 6.42 Å². The van der Waals surface area contributed by atoms with Crippen LogP contribution in [0.25, 0.3) is 11.1 Å². The van der Waals surface area contributed by atoms with E-state index in [2.05, 4.69) is 55.6 Å². The number of fused-ring (bicyclic) bond motifs is 3. The molecule has 0 saturated carbocycles. The van der Waals surface area contributed by atoms with Crippen LogP contribution in [0.5, 0.6) is 0 Å². The van der Waals surface area contributed by atoms with Gasteiger partial charge in [0.2, 0.25) is 0 Å². The Hall–Kier alpha value is -0.642. The molecule has 0 spiro atoms. The molecule has 0 bridgehead atoms. The molecule has 111 valence electrons. The maximum absolute atomic E-state index is 3.30. The molecule has 0 aliphatic heterocycles. The van der Waals surface area contributed by atoms with Crippen LogP contribution in [0, 0.1) is 46.9 Å². The van der Waals surface area contributed by atoms with E-state index in [0.29, 0.717) is 0 Å². The van der Waals surface area contributed by atoms with Crippen molar-refractivity contribution in [2.45, 2.75) is 19.5 Å². The zero-order valence-corrected chi connectivity index (χ0v) is 17.6. The van der Waals surface area contributed by atoms with Crippen molar-refractivity contribution in [3.63, 3.8) is 0 Å². The van der Waals surface area contributed by atoms with Gasteiger partial charge in [0.05, 0.1) is 0 Å². The van der Waals surface area contributed by atoms with Gasteiger partial charge in [0.15, 0.2) is 0 Å². The van der Waals surface area contributed by atoms with Crippen molar-refractivity contribution in [3.8, 4) is 11.1 Å². The second-order valence-corrected chi connectivity index (χ2v) is 6.09. The topological polar surface area (TPSA) is 0 Å². The quantitative estimate of drug-likeness (QED) is 0.271. The monoisotopic (exact) mass is 431 g/mol. The third kappa shape index (κ3) is 5.53. The van der Waals surface area contributed by atoms with Crippen molar-refractivity contribution in [2.24, 2.45) is 0 Å². The maximum atomic E-state index is 3.30. The third-order valence-electron chi connectivity index (χ3n) is 3.17. The first kappa shape index (κ1) is 19.4. The average Bonchev–Trinajstić information content (AvgIpc) is 3.19. The molecule has 0 fully saturated rings. The first-order chi connectivity index (χ1) is 10.4. The molecule has 2 heteroatoms. The summed E-state index contributed by atoms with van der Waals surface area (Å²) in [5, 5.41) is 0. The van der Waals surface area contributed by atoms with Crippen molar-refractivity contribution in [3.05, 3.63) is 90.0 Å². The zero-order valence-electron chi connectivity index (χ0n) is 13.2. The Balaban J connectivity index is 0.000000227. The van der Waals surface area contributed by atoms with Crippen LogP contribution in [-0.2, 0) is 6.42 Å². The van der Waals surface area contributed by atoms with Gasteiger partial charge < -0.3 is 0 Å². The molecule has 0 nitrogen and oxygen atoms in total. The third-order valence-corrected chi connectivity index (χ3v) is 3.17. The minimum Gasteiger partial charge on any atom is -0.214 e. The Labute approximate surface area is 169 Å². The fourth-order valence-electron chi connectivity index (χ4n) is 2.32. The summed E-state index contributed by atoms with van der Waals surface area (Å²) in [7, 11) is 0.750. The van der Waals surface area contributed by atoms with Crippen molar-refractivity contribution in [2.75, 3.05) is 0 Å². The van der Waals surface area contributed by atoms with Crippen LogP contribution >= 0.6 is 0 Å². The van der Waals surface area contributed by atoms with Gasteiger partial charge in [0, 0.05) is 50.4 Å². The van der Waals surface area contributed by atoms with Crippen LogP contribution in [0.1, 0.15) is 11.1 Å². The fourth-order valence-corrected chi connectivity index (χ4v) is 2.32. The van der Waals surface area contributed by atoms with Crippen LogP contribution < -0.4 is 0 Å². The molecular weight excluding hydrogens is 413 g/mol. The van der Waals surface area contributed by atoms with E-state index in [-0.39, 0.29) is 40.8 Å². The Morgan fingerprint density at radius 1 is 0.909 bits per heavy atom.